The van der Waals surface area contributed by atoms with Crippen molar-refractivity contribution in [1.82, 2.24) is 30.3 Å². The molecule has 234 valence electrons. The average molecular weight is 659 g/mol. The number of benzene rings is 1. The van der Waals surface area contributed by atoms with Crippen molar-refractivity contribution in [2.45, 2.75) is 70.6 Å². The summed E-state index contributed by atoms with van der Waals surface area (Å²) in [4.78, 5) is 6.99. The number of alkyl halides is 3. The zero-order valence-corrected chi connectivity index (χ0v) is 26.0. The van der Waals surface area contributed by atoms with Crippen molar-refractivity contribution in [3.05, 3.63) is 74.6 Å². The number of halogens is 3. The van der Waals surface area contributed by atoms with E-state index in [0.717, 1.165) is 72.2 Å². The summed E-state index contributed by atoms with van der Waals surface area (Å²) >= 11 is 1.58. The van der Waals surface area contributed by atoms with Gasteiger partial charge in [0.1, 0.15) is 6.17 Å². The molecule has 0 saturated carbocycles. The van der Waals surface area contributed by atoms with Gasteiger partial charge in [-0.2, -0.15) is 26.7 Å². The van der Waals surface area contributed by atoms with Crippen LogP contribution in [0.2, 0.25) is 0 Å². The predicted octanol–water partition coefficient (Wildman–Crippen LogP) is 5.78. The van der Waals surface area contributed by atoms with Gasteiger partial charge < -0.3 is 4.90 Å². The van der Waals surface area contributed by atoms with E-state index in [4.69, 9.17) is 9.17 Å². The molecule has 3 N–H and O–H groups in total. The summed E-state index contributed by atoms with van der Waals surface area (Å²) in [5.74, 6) is 0.230. The Labute approximate surface area is 256 Å². The number of nitrogens with zero attached hydrogens (tertiary/aromatic N) is 4. The van der Waals surface area contributed by atoms with Crippen LogP contribution in [0.4, 0.5) is 13.2 Å². The quantitative estimate of drug-likeness (QED) is 0.148. The van der Waals surface area contributed by atoms with Gasteiger partial charge in [0.15, 0.2) is 23.0 Å². The van der Waals surface area contributed by atoms with Crippen LogP contribution in [0.5, 0.6) is 0 Å². The van der Waals surface area contributed by atoms with Gasteiger partial charge in [-0.05, 0) is 43.4 Å². The van der Waals surface area contributed by atoms with Gasteiger partial charge in [-0.3, -0.25) is 19.4 Å². The van der Waals surface area contributed by atoms with E-state index in [-0.39, 0.29) is 17.0 Å². The number of fused-ring (bicyclic) bond motifs is 1. The molecule has 0 spiro atoms. The number of piperidine rings is 1. The van der Waals surface area contributed by atoms with E-state index in [1.807, 2.05) is 17.5 Å². The van der Waals surface area contributed by atoms with Gasteiger partial charge in [-0.1, -0.05) is 31.5 Å². The van der Waals surface area contributed by atoms with Crippen molar-refractivity contribution < 1.29 is 30.3 Å². The highest BCUT2D eigenvalue weighted by Crippen LogP contribution is 2.35. The summed E-state index contributed by atoms with van der Waals surface area (Å²) in [7, 11) is -4.42. The first-order valence-electron chi connectivity index (χ1n) is 13.8. The molecule has 2 aliphatic rings. The number of aryl methyl sites for hydroxylation is 2. The minimum absolute atomic E-state index is 0.0170. The maximum atomic E-state index is 13.0. The van der Waals surface area contributed by atoms with E-state index >= 15 is 0 Å². The van der Waals surface area contributed by atoms with E-state index in [1.54, 1.807) is 30.7 Å². The Balaban J connectivity index is 1.25. The number of thiazole rings is 1. The van der Waals surface area contributed by atoms with Crippen LogP contribution in [0.15, 0.2) is 35.8 Å². The zero-order valence-electron chi connectivity index (χ0n) is 23.5. The molecule has 2 atom stereocenters. The largest absolute Gasteiger partial charge is 0.435 e. The van der Waals surface area contributed by atoms with Crippen LogP contribution in [0.3, 0.4) is 0 Å². The van der Waals surface area contributed by atoms with E-state index in [2.05, 4.69) is 33.6 Å². The minimum atomic E-state index is -4.48. The normalized spacial score (nSPS) is 20.5. The molecule has 1 saturated heterocycles. The topological polar surface area (TPSA) is 122 Å². The Kier molecular flexibility index (Phi) is 9.85. The van der Waals surface area contributed by atoms with Crippen LogP contribution in [0, 0.1) is 6.92 Å². The summed E-state index contributed by atoms with van der Waals surface area (Å²) < 4.78 is 77.9. The molecule has 0 bridgehead atoms. The third-order valence-corrected chi connectivity index (χ3v) is 9.70. The molecule has 16 heteroatoms. The molecular weight excluding hydrogens is 626 g/mol. The molecule has 1 fully saturated rings. The van der Waals surface area contributed by atoms with Gasteiger partial charge in [0.2, 0.25) is 0 Å². The van der Waals surface area contributed by atoms with Crippen molar-refractivity contribution in [2.75, 3.05) is 13.1 Å². The first-order valence-corrected chi connectivity index (χ1v) is 17.4. The molecule has 1 aromatic carbocycles. The SMILES string of the molecule is CCCc1cccc2c1CNC(c1csc(C3CCN(C=Cn4nc(C(F)(F)F)cc4C)CC3)n1)NC2OSS(=O)(=O)O. The number of rotatable bonds is 9. The standard InChI is InChI=1S/C27H33F3N6O4S3/c1-3-5-18-6-4-7-20-21(18)15-31-24(33-25(20)40-42-43(37,38)39)22-16-41-26(32-22)19-8-10-35(11-9-19)12-13-36-17(2)14-23(34-36)27(28,29)30/h4,6-7,12-14,16,19,24-25,31,33H,3,5,8-11,15H2,1-2H3,(H,37,38,39). The summed E-state index contributed by atoms with van der Waals surface area (Å²) in [6, 6.07) is 6.88. The first-order chi connectivity index (χ1) is 20.4. The van der Waals surface area contributed by atoms with Crippen LogP contribution >= 0.6 is 22.4 Å². The van der Waals surface area contributed by atoms with E-state index in [9.17, 15) is 26.1 Å². The Hall–Kier alpha value is -2.47. The number of aromatic nitrogens is 3. The van der Waals surface area contributed by atoms with Crippen molar-refractivity contribution in [3.8, 4) is 0 Å². The Bertz CT molecular complexity index is 1550. The number of hydrogen-bond donors (Lipinski definition) is 3. The summed E-state index contributed by atoms with van der Waals surface area (Å²) in [5.41, 5.74) is 3.22. The van der Waals surface area contributed by atoms with Gasteiger partial charge in [0, 0.05) is 54.6 Å². The number of hydrogen-bond acceptors (Lipinski definition) is 10. The fourth-order valence-electron chi connectivity index (χ4n) is 5.33. The molecule has 0 aliphatic carbocycles. The molecule has 2 aromatic heterocycles. The van der Waals surface area contributed by atoms with Gasteiger partial charge >= 0.3 is 15.3 Å². The lowest BCUT2D eigenvalue weighted by atomic mass is 9.97. The highest BCUT2D eigenvalue weighted by atomic mass is 33.2. The maximum absolute atomic E-state index is 13.0. The number of likely N-dealkylation sites (tertiary alicyclic amines) is 1. The second kappa shape index (κ2) is 13.3. The molecular formula is C27H33F3N6O4S3. The van der Waals surface area contributed by atoms with Crippen LogP contribution in [0.25, 0.3) is 6.20 Å². The lowest BCUT2D eigenvalue weighted by Crippen LogP contribution is -2.34. The molecule has 5 rings (SSSR count). The molecule has 43 heavy (non-hydrogen) atoms. The smallest absolute Gasteiger partial charge is 0.376 e. The lowest BCUT2D eigenvalue weighted by Gasteiger charge is -2.30. The molecule has 10 nitrogen and oxygen atoms in total. The van der Waals surface area contributed by atoms with E-state index in [0.29, 0.717) is 12.2 Å². The van der Waals surface area contributed by atoms with E-state index < -0.39 is 33.4 Å². The average Bonchev–Trinajstić information content (AvgIpc) is 3.54. The monoisotopic (exact) mass is 658 g/mol. The van der Waals surface area contributed by atoms with Crippen molar-refractivity contribution in [2.24, 2.45) is 0 Å². The van der Waals surface area contributed by atoms with Gasteiger partial charge in [-0.15, -0.1) is 11.3 Å². The van der Waals surface area contributed by atoms with Gasteiger partial charge in [0.25, 0.3) is 0 Å². The molecule has 2 aliphatic heterocycles. The molecule has 3 aromatic rings. The van der Waals surface area contributed by atoms with Crippen molar-refractivity contribution >= 4 is 37.8 Å². The van der Waals surface area contributed by atoms with Gasteiger partial charge in [0.05, 0.1) is 10.7 Å². The van der Waals surface area contributed by atoms with Crippen molar-refractivity contribution in [1.29, 1.82) is 0 Å². The van der Waals surface area contributed by atoms with Crippen LogP contribution in [0.1, 0.15) is 83.3 Å². The van der Waals surface area contributed by atoms with E-state index in [1.165, 1.54) is 4.68 Å². The molecule has 0 radical (unpaired) electrons. The van der Waals surface area contributed by atoms with Crippen molar-refractivity contribution in [3.63, 3.8) is 0 Å². The summed E-state index contributed by atoms with van der Waals surface area (Å²) in [6.45, 7) is 5.65. The first kappa shape index (κ1) is 31.9. The summed E-state index contributed by atoms with van der Waals surface area (Å²) in [5, 5.41) is 13.4. The highest BCUT2D eigenvalue weighted by Gasteiger charge is 2.34. The Morgan fingerprint density at radius 2 is 2.02 bits per heavy atom. The molecule has 2 unspecified atom stereocenters. The second-order valence-electron chi connectivity index (χ2n) is 10.5. The van der Waals surface area contributed by atoms with Crippen LogP contribution in [-0.4, -0.2) is 45.7 Å². The Morgan fingerprint density at radius 1 is 1.26 bits per heavy atom. The Morgan fingerprint density at radius 3 is 2.70 bits per heavy atom. The molecule has 4 heterocycles. The van der Waals surface area contributed by atoms with Gasteiger partial charge in [-0.25, -0.2) is 9.67 Å². The third kappa shape index (κ3) is 7.98. The number of nitrogens with one attached hydrogen (secondary N) is 2. The van der Waals surface area contributed by atoms with Crippen LogP contribution in [-0.2, 0) is 32.5 Å². The maximum Gasteiger partial charge on any atom is 0.435 e. The third-order valence-electron chi connectivity index (χ3n) is 7.48. The minimum Gasteiger partial charge on any atom is -0.376 e. The predicted molar refractivity (Wildman–Crippen MR) is 159 cm³/mol. The fourth-order valence-corrected chi connectivity index (χ4v) is 7.22. The van der Waals surface area contributed by atoms with Crippen LogP contribution < -0.4 is 10.6 Å². The fraction of sp³-hybridized carbons (Fsp3) is 0.481. The zero-order chi connectivity index (χ0) is 30.8. The second-order valence-corrected chi connectivity index (χ2v) is 14.3. The highest BCUT2D eigenvalue weighted by molar-refractivity contribution is 8.67. The lowest BCUT2D eigenvalue weighted by molar-refractivity contribution is -0.141. The summed E-state index contributed by atoms with van der Waals surface area (Å²) in [6.07, 6.45) is 1.07. The molecule has 0 amide bonds.